The number of rotatable bonds is 13. The van der Waals surface area contributed by atoms with Crippen LogP contribution in [0.1, 0.15) is 36.3 Å². The highest BCUT2D eigenvalue weighted by Gasteiger charge is 2.18. The SMILES string of the molecule is O=C(O)CCc1ccc(C(CCCOc2cccnc2)CNS(=O)(=O)c2ccc(Cl)cc2)cc1. The second-order valence-corrected chi connectivity index (χ2v) is 10.0. The van der Waals surface area contributed by atoms with Crippen LogP contribution in [0.2, 0.25) is 5.02 Å². The largest absolute Gasteiger partial charge is 0.492 e. The van der Waals surface area contributed by atoms with E-state index in [9.17, 15) is 13.2 Å². The monoisotopic (exact) mass is 502 g/mol. The van der Waals surface area contributed by atoms with Crippen molar-refractivity contribution < 1.29 is 23.1 Å². The minimum absolute atomic E-state index is 0.0648. The van der Waals surface area contributed by atoms with Gasteiger partial charge in [0.1, 0.15) is 5.75 Å². The lowest BCUT2D eigenvalue weighted by molar-refractivity contribution is -0.136. The van der Waals surface area contributed by atoms with Crippen LogP contribution in [-0.2, 0) is 21.2 Å². The zero-order chi connectivity index (χ0) is 24.4. The summed E-state index contributed by atoms with van der Waals surface area (Å²) in [6, 6.07) is 17.3. The summed E-state index contributed by atoms with van der Waals surface area (Å²) < 4.78 is 33.9. The molecule has 0 spiro atoms. The van der Waals surface area contributed by atoms with Gasteiger partial charge in [-0.3, -0.25) is 9.78 Å². The van der Waals surface area contributed by atoms with Crippen molar-refractivity contribution in [1.82, 2.24) is 9.71 Å². The van der Waals surface area contributed by atoms with Crippen LogP contribution in [0.4, 0.5) is 0 Å². The number of aliphatic carboxylic acids is 1. The fraction of sp³-hybridized carbons (Fsp3) is 0.280. The lowest BCUT2D eigenvalue weighted by Crippen LogP contribution is -2.29. The number of carbonyl (C=O) groups is 1. The van der Waals surface area contributed by atoms with E-state index in [4.69, 9.17) is 21.4 Å². The van der Waals surface area contributed by atoms with Gasteiger partial charge < -0.3 is 9.84 Å². The van der Waals surface area contributed by atoms with Crippen molar-refractivity contribution in [2.75, 3.05) is 13.2 Å². The standard InChI is InChI=1S/C25H27ClN2O5S/c26-22-10-12-24(13-11-22)34(31,32)28-17-21(3-2-16-33-23-4-1-15-27-18-23)20-8-5-19(6-9-20)7-14-25(29)30/h1,4-6,8-13,15,18,21,28H,2-3,7,14,16-17H2,(H,29,30). The second kappa shape index (κ2) is 12.5. The highest BCUT2D eigenvalue weighted by Crippen LogP contribution is 2.23. The van der Waals surface area contributed by atoms with Crippen molar-refractivity contribution in [2.24, 2.45) is 0 Å². The molecule has 0 radical (unpaired) electrons. The summed E-state index contributed by atoms with van der Waals surface area (Å²) in [6.07, 6.45) is 5.24. The lowest BCUT2D eigenvalue weighted by Gasteiger charge is -2.19. The first-order chi connectivity index (χ1) is 16.3. The Morgan fingerprint density at radius 1 is 1.09 bits per heavy atom. The minimum Gasteiger partial charge on any atom is -0.492 e. The van der Waals surface area contributed by atoms with E-state index in [0.29, 0.717) is 36.6 Å². The predicted octanol–water partition coefficient (Wildman–Crippen LogP) is 4.67. The molecule has 2 aromatic carbocycles. The molecule has 180 valence electrons. The number of nitrogens with zero attached hydrogens (tertiary/aromatic N) is 1. The topological polar surface area (TPSA) is 106 Å². The van der Waals surface area contributed by atoms with Gasteiger partial charge in [-0.25, -0.2) is 13.1 Å². The van der Waals surface area contributed by atoms with Gasteiger partial charge in [0.15, 0.2) is 0 Å². The van der Waals surface area contributed by atoms with E-state index < -0.39 is 16.0 Å². The van der Waals surface area contributed by atoms with Gasteiger partial charge in [0, 0.05) is 24.2 Å². The van der Waals surface area contributed by atoms with Crippen LogP contribution in [0, 0.1) is 0 Å². The number of hydrogen-bond donors (Lipinski definition) is 2. The van der Waals surface area contributed by atoms with Crippen molar-refractivity contribution >= 4 is 27.6 Å². The second-order valence-electron chi connectivity index (χ2n) is 7.82. The van der Waals surface area contributed by atoms with Crippen LogP contribution < -0.4 is 9.46 Å². The van der Waals surface area contributed by atoms with E-state index in [0.717, 1.165) is 11.1 Å². The molecule has 0 aliphatic carbocycles. The number of aromatic nitrogens is 1. The Kier molecular flexibility index (Phi) is 9.44. The van der Waals surface area contributed by atoms with Crippen LogP contribution in [0.15, 0.2) is 78.0 Å². The van der Waals surface area contributed by atoms with Crippen molar-refractivity contribution in [3.8, 4) is 5.75 Å². The maximum atomic E-state index is 12.8. The van der Waals surface area contributed by atoms with Gasteiger partial charge in [0.25, 0.3) is 0 Å². The zero-order valence-corrected chi connectivity index (χ0v) is 20.1. The molecule has 0 amide bonds. The van der Waals surface area contributed by atoms with Gasteiger partial charge in [-0.05, 0) is 72.7 Å². The molecule has 3 aromatic rings. The van der Waals surface area contributed by atoms with Gasteiger partial charge >= 0.3 is 5.97 Å². The number of carboxylic acid groups (broad SMARTS) is 1. The summed E-state index contributed by atoms with van der Waals surface area (Å²) >= 11 is 5.87. The van der Waals surface area contributed by atoms with Gasteiger partial charge in [-0.1, -0.05) is 35.9 Å². The van der Waals surface area contributed by atoms with Crippen LogP contribution in [0.25, 0.3) is 0 Å². The maximum Gasteiger partial charge on any atom is 0.303 e. The molecule has 1 atom stereocenters. The zero-order valence-electron chi connectivity index (χ0n) is 18.6. The lowest BCUT2D eigenvalue weighted by atomic mass is 9.93. The Bertz CT molecular complexity index is 1150. The van der Waals surface area contributed by atoms with Crippen molar-refractivity contribution in [2.45, 2.75) is 36.5 Å². The number of hydrogen-bond acceptors (Lipinski definition) is 5. The molecule has 0 aliphatic heterocycles. The third kappa shape index (κ3) is 8.13. The van der Waals surface area contributed by atoms with Crippen molar-refractivity contribution in [3.05, 3.63) is 89.2 Å². The van der Waals surface area contributed by atoms with Crippen LogP contribution in [0.5, 0.6) is 5.75 Å². The molecule has 0 saturated carbocycles. The molecule has 1 aromatic heterocycles. The Labute approximate surface area is 204 Å². The molecule has 1 unspecified atom stereocenters. The molecule has 3 rings (SSSR count). The number of nitrogens with one attached hydrogen (secondary N) is 1. The van der Waals surface area contributed by atoms with Crippen molar-refractivity contribution in [3.63, 3.8) is 0 Å². The Hall–Kier alpha value is -2.94. The summed E-state index contributed by atoms with van der Waals surface area (Å²) in [5, 5.41) is 9.35. The van der Waals surface area contributed by atoms with E-state index in [1.807, 2.05) is 30.3 Å². The van der Waals surface area contributed by atoms with E-state index in [1.54, 1.807) is 30.6 Å². The fourth-order valence-corrected chi connectivity index (χ4v) is 4.66. The van der Waals surface area contributed by atoms with Gasteiger partial charge in [-0.2, -0.15) is 0 Å². The van der Waals surface area contributed by atoms with Gasteiger partial charge in [0.05, 0.1) is 17.7 Å². The first-order valence-electron chi connectivity index (χ1n) is 10.9. The summed E-state index contributed by atoms with van der Waals surface area (Å²) in [6.45, 7) is 0.690. The molecular formula is C25H27ClN2O5S. The van der Waals surface area contributed by atoms with Crippen LogP contribution in [-0.4, -0.2) is 37.6 Å². The fourth-order valence-electron chi connectivity index (χ4n) is 3.45. The average Bonchev–Trinajstić information content (AvgIpc) is 2.83. The number of benzene rings is 2. The molecule has 1 heterocycles. The number of carboxylic acids is 1. The highest BCUT2D eigenvalue weighted by atomic mass is 35.5. The molecule has 9 heteroatoms. The summed E-state index contributed by atoms with van der Waals surface area (Å²) in [5.74, 6) is -0.245. The molecule has 0 bridgehead atoms. The molecule has 2 N–H and O–H groups in total. The van der Waals surface area contributed by atoms with E-state index >= 15 is 0 Å². The number of aryl methyl sites for hydroxylation is 1. The molecule has 0 fully saturated rings. The van der Waals surface area contributed by atoms with E-state index in [1.165, 1.54) is 12.1 Å². The maximum absolute atomic E-state index is 12.8. The molecule has 0 saturated heterocycles. The van der Waals surface area contributed by atoms with Gasteiger partial charge in [0.2, 0.25) is 10.0 Å². The first kappa shape index (κ1) is 25.7. The van der Waals surface area contributed by atoms with Crippen molar-refractivity contribution in [1.29, 1.82) is 0 Å². The summed E-state index contributed by atoms with van der Waals surface area (Å²) in [5.41, 5.74) is 1.89. The summed E-state index contributed by atoms with van der Waals surface area (Å²) in [4.78, 5) is 15.0. The summed E-state index contributed by atoms with van der Waals surface area (Å²) in [7, 11) is -3.69. The quantitative estimate of drug-likeness (QED) is 0.329. The number of sulfonamides is 1. The third-order valence-corrected chi connectivity index (χ3v) is 7.01. The number of pyridine rings is 1. The first-order valence-corrected chi connectivity index (χ1v) is 12.8. The molecule has 0 aliphatic rings. The number of ether oxygens (including phenoxy) is 1. The Balaban J connectivity index is 1.66. The Morgan fingerprint density at radius 3 is 2.47 bits per heavy atom. The predicted molar refractivity (Wildman–Crippen MR) is 131 cm³/mol. The molecule has 7 nitrogen and oxygen atoms in total. The average molecular weight is 503 g/mol. The highest BCUT2D eigenvalue weighted by molar-refractivity contribution is 7.89. The van der Waals surface area contributed by atoms with Crippen LogP contribution in [0.3, 0.4) is 0 Å². The minimum atomic E-state index is -3.69. The van der Waals surface area contributed by atoms with Gasteiger partial charge in [-0.15, -0.1) is 0 Å². The van der Waals surface area contributed by atoms with E-state index in [2.05, 4.69) is 9.71 Å². The Morgan fingerprint density at radius 2 is 1.82 bits per heavy atom. The van der Waals surface area contributed by atoms with Crippen LogP contribution >= 0.6 is 11.6 Å². The normalized spacial score (nSPS) is 12.3. The number of halogens is 1. The van der Waals surface area contributed by atoms with E-state index in [-0.39, 0.29) is 23.8 Å². The molecular weight excluding hydrogens is 476 g/mol. The molecule has 34 heavy (non-hydrogen) atoms. The third-order valence-electron chi connectivity index (χ3n) is 5.32. The smallest absolute Gasteiger partial charge is 0.303 e.